The Morgan fingerprint density at radius 3 is 2.73 bits per heavy atom. The van der Waals surface area contributed by atoms with Gasteiger partial charge in [0, 0.05) is 0 Å². The summed E-state index contributed by atoms with van der Waals surface area (Å²) in [4.78, 5) is 10.4. The van der Waals surface area contributed by atoms with Gasteiger partial charge in [0.1, 0.15) is 0 Å². The third-order valence-electron chi connectivity index (χ3n) is 1.07. The summed E-state index contributed by atoms with van der Waals surface area (Å²) < 4.78 is 8.90. The first kappa shape index (κ1) is 10.0. The molecular formula is C8H14O3. The van der Waals surface area contributed by atoms with Gasteiger partial charge in [-0.15, -0.1) is 0 Å². The van der Waals surface area contributed by atoms with Crippen molar-refractivity contribution in [2.45, 2.75) is 19.8 Å². The van der Waals surface area contributed by atoms with Crippen LogP contribution in [0.3, 0.4) is 0 Å². The van der Waals surface area contributed by atoms with Gasteiger partial charge in [-0.3, -0.25) is 0 Å². The predicted octanol–water partition coefficient (Wildman–Crippen LogP) is 2.13. The highest BCUT2D eigenvalue weighted by Gasteiger charge is 1.96. The fourth-order valence-electron chi connectivity index (χ4n) is 0.554. The number of methoxy groups -OCH3 is 1. The first-order valence-electron chi connectivity index (χ1n) is 3.67. The number of hydrogen-bond acceptors (Lipinski definition) is 3. The van der Waals surface area contributed by atoms with Crippen LogP contribution in [0.4, 0.5) is 4.79 Å². The number of rotatable bonds is 4. The number of allylic oxidation sites excluding steroid dienone is 1. The van der Waals surface area contributed by atoms with Crippen molar-refractivity contribution in [3.63, 3.8) is 0 Å². The number of ether oxygens (including phenoxy) is 2. The van der Waals surface area contributed by atoms with Gasteiger partial charge in [0.15, 0.2) is 0 Å². The molecule has 0 N–H and O–H groups in total. The smallest absolute Gasteiger partial charge is 0.438 e. The Balaban J connectivity index is 3.14. The quantitative estimate of drug-likeness (QED) is 0.357. The molecule has 0 radical (unpaired) electrons. The van der Waals surface area contributed by atoms with Gasteiger partial charge < -0.3 is 9.47 Å². The Labute approximate surface area is 67.0 Å². The summed E-state index contributed by atoms with van der Waals surface area (Å²) >= 11 is 0. The van der Waals surface area contributed by atoms with Gasteiger partial charge >= 0.3 is 6.16 Å². The minimum Gasteiger partial charge on any atom is -0.438 e. The van der Waals surface area contributed by atoms with E-state index in [2.05, 4.69) is 16.4 Å². The summed E-state index contributed by atoms with van der Waals surface area (Å²) in [5.41, 5.74) is 0. The molecule has 0 atom stereocenters. The normalized spacial score (nSPS) is 10.0. The minimum atomic E-state index is -0.616. The van der Waals surface area contributed by atoms with E-state index in [1.807, 2.05) is 12.2 Å². The zero-order chi connectivity index (χ0) is 8.53. The lowest BCUT2D eigenvalue weighted by Gasteiger charge is -1.98. The molecule has 64 valence electrons. The van der Waals surface area contributed by atoms with Gasteiger partial charge in [-0.25, -0.2) is 4.79 Å². The molecule has 0 aliphatic rings. The van der Waals surface area contributed by atoms with Crippen molar-refractivity contribution in [2.24, 2.45) is 0 Å². The molecule has 0 amide bonds. The highest BCUT2D eigenvalue weighted by molar-refractivity contribution is 5.59. The van der Waals surface area contributed by atoms with Crippen LogP contribution in [0.15, 0.2) is 12.2 Å². The van der Waals surface area contributed by atoms with Crippen molar-refractivity contribution in [1.82, 2.24) is 0 Å². The first-order chi connectivity index (χ1) is 5.31. The van der Waals surface area contributed by atoms with Crippen LogP contribution in [-0.2, 0) is 9.47 Å². The van der Waals surface area contributed by atoms with Crippen molar-refractivity contribution >= 4 is 6.16 Å². The van der Waals surface area contributed by atoms with Crippen molar-refractivity contribution < 1.29 is 14.3 Å². The molecule has 0 unspecified atom stereocenters. The Morgan fingerprint density at radius 1 is 1.45 bits per heavy atom. The Morgan fingerprint density at radius 2 is 2.18 bits per heavy atom. The average Bonchev–Trinajstić information content (AvgIpc) is 2.04. The molecule has 0 heterocycles. The Kier molecular flexibility index (Phi) is 6.48. The van der Waals surface area contributed by atoms with Gasteiger partial charge in [-0.1, -0.05) is 19.1 Å². The molecule has 11 heavy (non-hydrogen) atoms. The Bertz CT molecular complexity index is 129. The van der Waals surface area contributed by atoms with Crippen molar-refractivity contribution in [1.29, 1.82) is 0 Å². The van der Waals surface area contributed by atoms with E-state index in [0.29, 0.717) is 6.61 Å². The van der Waals surface area contributed by atoms with E-state index in [9.17, 15) is 4.79 Å². The molecule has 0 aliphatic heterocycles. The second kappa shape index (κ2) is 7.12. The summed E-state index contributed by atoms with van der Waals surface area (Å²) in [7, 11) is 1.30. The zero-order valence-corrected chi connectivity index (χ0v) is 7.00. The van der Waals surface area contributed by atoms with Crippen LogP contribution in [0.5, 0.6) is 0 Å². The molecule has 0 bridgehead atoms. The second-order valence-corrected chi connectivity index (χ2v) is 1.97. The molecule has 0 spiro atoms. The van der Waals surface area contributed by atoms with Crippen molar-refractivity contribution in [3.05, 3.63) is 12.2 Å². The van der Waals surface area contributed by atoms with Gasteiger partial charge in [0.05, 0.1) is 13.7 Å². The van der Waals surface area contributed by atoms with Crippen LogP contribution in [0.2, 0.25) is 0 Å². The molecule has 0 aromatic heterocycles. The van der Waals surface area contributed by atoms with Crippen LogP contribution in [-0.4, -0.2) is 19.9 Å². The summed E-state index contributed by atoms with van der Waals surface area (Å²) in [6.07, 6.45) is 5.15. The number of hydrogen-bond donors (Lipinski definition) is 0. The van der Waals surface area contributed by atoms with Crippen LogP contribution >= 0.6 is 0 Å². The third kappa shape index (κ3) is 6.90. The largest absolute Gasteiger partial charge is 0.507 e. The summed E-state index contributed by atoms with van der Waals surface area (Å²) in [6, 6.07) is 0. The van der Waals surface area contributed by atoms with Crippen molar-refractivity contribution in [3.8, 4) is 0 Å². The van der Waals surface area contributed by atoms with Crippen LogP contribution < -0.4 is 0 Å². The van der Waals surface area contributed by atoms with E-state index in [-0.39, 0.29) is 0 Å². The zero-order valence-electron chi connectivity index (χ0n) is 7.00. The molecule has 0 aromatic carbocycles. The van der Waals surface area contributed by atoms with E-state index >= 15 is 0 Å². The highest BCUT2D eigenvalue weighted by atomic mass is 16.7. The maximum atomic E-state index is 10.4. The fourth-order valence-corrected chi connectivity index (χ4v) is 0.554. The van der Waals surface area contributed by atoms with Gasteiger partial charge in [0.2, 0.25) is 0 Å². The lowest BCUT2D eigenvalue weighted by molar-refractivity contribution is 0.0741. The minimum absolute atomic E-state index is 0.392. The number of carbonyl (C=O) groups excluding carboxylic acids is 1. The molecule has 3 nitrogen and oxygen atoms in total. The Hall–Kier alpha value is -0.990. The molecule has 0 fully saturated rings. The summed E-state index contributed by atoms with van der Waals surface area (Å²) in [5, 5.41) is 0. The molecule has 0 rings (SSSR count). The molecule has 0 saturated heterocycles. The summed E-state index contributed by atoms with van der Waals surface area (Å²) in [6.45, 7) is 2.45. The standard InChI is InChI=1S/C8H14O3/c1-3-4-5-6-7-11-8(9)10-2/h4-5H,3,6-7H2,1-2H3/b5-4-. The molecular weight excluding hydrogens is 144 g/mol. The maximum absolute atomic E-state index is 10.4. The highest BCUT2D eigenvalue weighted by Crippen LogP contribution is 1.89. The van der Waals surface area contributed by atoms with E-state index in [0.717, 1.165) is 12.8 Å². The summed E-state index contributed by atoms with van der Waals surface area (Å²) in [5.74, 6) is 0. The van der Waals surface area contributed by atoms with Crippen LogP contribution in [0.25, 0.3) is 0 Å². The van der Waals surface area contributed by atoms with E-state index in [1.54, 1.807) is 0 Å². The molecule has 0 saturated carbocycles. The average molecular weight is 158 g/mol. The van der Waals surface area contributed by atoms with E-state index in [4.69, 9.17) is 0 Å². The SMILES string of the molecule is CC/C=C\CCOC(=O)OC. The molecule has 0 aromatic rings. The molecule has 3 heteroatoms. The predicted molar refractivity (Wildman–Crippen MR) is 42.4 cm³/mol. The first-order valence-corrected chi connectivity index (χ1v) is 3.67. The van der Waals surface area contributed by atoms with Gasteiger partial charge in [-0.2, -0.15) is 0 Å². The maximum Gasteiger partial charge on any atom is 0.507 e. The van der Waals surface area contributed by atoms with E-state index in [1.165, 1.54) is 7.11 Å². The molecule has 0 aliphatic carbocycles. The van der Waals surface area contributed by atoms with E-state index < -0.39 is 6.16 Å². The van der Waals surface area contributed by atoms with Crippen LogP contribution in [0, 0.1) is 0 Å². The topological polar surface area (TPSA) is 35.5 Å². The van der Waals surface area contributed by atoms with Gasteiger partial charge in [0.25, 0.3) is 0 Å². The van der Waals surface area contributed by atoms with Crippen molar-refractivity contribution in [2.75, 3.05) is 13.7 Å². The fraction of sp³-hybridized carbons (Fsp3) is 0.625. The lowest BCUT2D eigenvalue weighted by atomic mass is 10.3. The second-order valence-electron chi connectivity index (χ2n) is 1.97. The lowest BCUT2D eigenvalue weighted by Crippen LogP contribution is -2.04. The van der Waals surface area contributed by atoms with Gasteiger partial charge in [-0.05, 0) is 12.8 Å². The van der Waals surface area contributed by atoms with Crippen LogP contribution in [0.1, 0.15) is 19.8 Å². The third-order valence-corrected chi connectivity index (χ3v) is 1.07. The monoisotopic (exact) mass is 158 g/mol. The number of carbonyl (C=O) groups is 1.